The van der Waals surface area contributed by atoms with Crippen LogP contribution in [0.5, 0.6) is 0 Å². The van der Waals surface area contributed by atoms with Crippen LogP contribution >= 0.6 is 0 Å². The molecule has 1 aromatic rings. The highest BCUT2D eigenvalue weighted by Crippen LogP contribution is 2.14. The van der Waals surface area contributed by atoms with Crippen molar-refractivity contribution in [1.29, 1.82) is 0 Å². The van der Waals surface area contributed by atoms with Crippen LogP contribution in [0.4, 0.5) is 0 Å². The Kier molecular flexibility index (Phi) is 6.94. The Labute approximate surface area is 111 Å². The van der Waals surface area contributed by atoms with Crippen LogP contribution in [0.1, 0.15) is 31.4 Å². The molecular formula is C15H26N2O. The second-order valence-corrected chi connectivity index (χ2v) is 4.69. The van der Waals surface area contributed by atoms with Gasteiger partial charge in [-0.25, -0.2) is 0 Å². The zero-order valence-corrected chi connectivity index (χ0v) is 11.9. The standard InChI is InChI=1S/C15H26N2O/c1-4-13(2)17(9-10-18-3)12-15-8-6-5-7-14(15)11-16/h5-8,13H,4,9-12,16H2,1-3H3. The van der Waals surface area contributed by atoms with Crippen LogP contribution in [0.15, 0.2) is 24.3 Å². The van der Waals surface area contributed by atoms with Crippen molar-refractivity contribution in [3.05, 3.63) is 35.4 Å². The molecule has 102 valence electrons. The van der Waals surface area contributed by atoms with Crippen LogP contribution in [0.25, 0.3) is 0 Å². The van der Waals surface area contributed by atoms with Crippen LogP contribution in [-0.2, 0) is 17.8 Å². The highest BCUT2D eigenvalue weighted by Gasteiger charge is 2.13. The summed E-state index contributed by atoms with van der Waals surface area (Å²) in [5.41, 5.74) is 8.36. The van der Waals surface area contributed by atoms with E-state index in [0.29, 0.717) is 12.6 Å². The molecule has 0 aliphatic heterocycles. The quantitative estimate of drug-likeness (QED) is 0.770. The SMILES string of the molecule is CCC(C)N(CCOC)Cc1ccccc1CN. The monoisotopic (exact) mass is 250 g/mol. The Morgan fingerprint density at radius 3 is 2.50 bits per heavy atom. The normalized spacial score (nSPS) is 12.9. The van der Waals surface area contributed by atoms with Gasteiger partial charge >= 0.3 is 0 Å². The molecule has 3 heteroatoms. The molecule has 0 fully saturated rings. The zero-order valence-electron chi connectivity index (χ0n) is 11.9. The van der Waals surface area contributed by atoms with Gasteiger partial charge in [0, 0.05) is 32.8 Å². The number of hydrogen-bond donors (Lipinski definition) is 1. The van der Waals surface area contributed by atoms with Gasteiger partial charge in [0.05, 0.1) is 6.61 Å². The van der Waals surface area contributed by atoms with Crippen LogP contribution in [-0.4, -0.2) is 31.2 Å². The molecule has 0 bridgehead atoms. The Hall–Kier alpha value is -0.900. The average Bonchev–Trinajstić information content (AvgIpc) is 2.42. The van der Waals surface area contributed by atoms with Crippen LogP contribution in [0.2, 0.25) is 0 Å². The molecule has 1 atom stereocenters. The molecule has 1 unspecified atom stereocenters. The largest absolute Gasteiger partial charge is 0.383 e. The molecule has 0 saturated carbocycles. The van der Waals surface area contributed by atoms with Gasteiger partial charge in [0.15, 0.2) is 0 Å². The molecule has 18 heavy (non-hydrogen) atoms. The third-order valence-electron chi connectivity index (χ3n) is 3.51. The average molecular weight is 250 g/mol. The molecule has 0 heterocycles. The van der Waals surface area contributed by atoms with Gasteiger partial charge in [0.2, 0.25) is 0 Å². The fourth-order valence-electron chi connectivity index (χ4n) is 2.05. The summed E-state index contributed by atoms with van der Waals surface area (Å²) >= 11 is 0. The fraction of sp³-hybridized carbons (Fsp3) is 0.600. The van der Waals surface area contributed by atoms with Gasteiger partial charge in [-0.1, -0.05) is 31.2 Å². The molecule has 1 rings (SSSR count). The van der Waals surface area contributed by atoms with E-state index in [1.165, 1.54) is 11.1 Å². The van der Waals surface area contributed by atoms with Gasteiger partial charge in [0.1, 0.15) is 0 Å². The van der Waals surface area contributed by atoms with E-state index in [1.54, 1.807) is 7.11 Å². The van der Waals surface area contributed by atoms with E-state index in [-0.39, 0.29) is 0 Å². The molecule has 0 spiro atoms. The summed E-state index contributed by atoms with van der Waals surface area (Å²) in [5.74, 6) is 0. The zero-order chi connectivity index (χ0) is 13.4. The molecule has 0 amide bonds. The first-order valence-electron chi connectivity index (χ1n) is 6.72. The van der Waals surface area contributed by atoms with Crippen molar-refractivity contribution in [3.8, 4) is 0 Å². The molecule has 3 nitrogen and oxygen atoms in total. The van der Waals surface area contributed by atoms with Crippen molar-refractivity contribution in [2.45, 2.75) is 39.4 Å². The number of rotatable bonds is 8. The first kappa shape index (κ1) is 15.2. The number of nitrogens with zero attached hydrogens (tertiary/aromatic N) is 1. The third-order valence-corrected chi connectivity index (χ3v) is 3.51. The van der Waals surface area contributed by atoms with Crippen LogP contribution < -0.4 is 5.73 Å². The van der Waals surface area contributed by atoms with Gasteiger partial charge in [-0.2, -0.15) is 0 Å². The Morgan fingerprint density at radius 2 is 1.94 bits per heavy atom. The lowest BCUT2D eigenvalue weighted by molar-refractivity contribution is 0.118. The number of nitrogens with two attached hydrogens (primary N) is 1. The van der Waals surface area contributed by atoms with Gasteiger partial charge in [-0.3, -0.25) is 4.90 Å². The van der Waals surface area contributed by atoms with Crippen molar-refractivity contribution in [2.75, 3.05) is 20.3 Å². The number of hydrogen-bond acceptors (Lipinski definition) is 3. The van der Waals surface area contributed by atoms with Gasteiger partial charge < -0.3 is 10.5 Å². The molecule has 0 aromatic heterocycles. The van der Waals surface area contributed by atoms with E-state index in [0.717, 1.165) is 26.1 Å². The second kappa shape index (κ2) is 8.25. The number of benzene rings is 1. The lowest BCUT2D eigenvalue weighted by Gasteiger charge is -2.29. The summed E-state index contributed by atoms with van der Waals surface area (Å²) in [5, 5.41) is 0. The maximum atomic E-state index is 5.79. The van der Waals surface area contributed by atoms with E-state index >= 15 is 0 Å². The summed E-state index contributed by atoms with van der Waals surface area (Å²) in [6.45, 7) is 7.78. The molecule has 0 radical (unpaired) electrons. The van der Waals surface area contributed by atoms with Crippen molar-refractivity contribution in [2.24, 2.45) is 5.73 Å². The third kappa shape index (κ3) is 4.41. The predicted octanol–water partition coefficient (Wildman–Crippen LogP) is 2.39. The van der Waals surface area contributed by atoms with Crippen molar-refractivity contribution in [1.82, 2.24) is 4.90 Å². The Balaban J connectivity index is 2.74. The summed E-state index contributed by atoms with van der Waals surface area (Å²) in [7, 11) is 1.75. The Morgan fingerprint density at radius 1 is 1.28 bits per heavy atom. The van der Waals surface area contributed by atoms with E-state index in [1.807, 2.05) is 0 Å². The minimum absolute atomic E-state index is 0.561. The van der Waals surface area contributed by atoms with E-state index in [2.05, 4.69) is 43.0 Å². The van der Waals surface area contributed by atoms with Crippen molar-refractivity contribution < 1.29 is 4.74 Å². The molecule has 0 aliphatic rings. The van der Waals surface area contributed by atoms with E-state index < -0.39 is 0 Å². The topological polar surface area (TPSA) is 38.5 Å². The lowest BCUT2D eigenvalue weighted by atomic mass is 10.1. The maximum Gasteiger partial charge on any atom is 0.0589 e. The van der Waals surface area contributed by atoms with Crippen LogP contribution in [0, 0.1) is 0 Å². The minimum atomic E-state index is 0.561. The fourth-order valence-corrected chi connectivity index (χ4v) is 2.05. The molecule has 0 aliphatic carbocycles. The highest BCUT2D eigenvalue weighted by atomic mass is 16.5. The summed E-state index contributed by atoms with van der Waals surface area (Å²) in [4.78, 5) is 2.46. The van der Waals surface area contributed by atoms with E-state index in [4.69, 9.17) is 10.5 Å². The summed E-state index contributed by atoms with van der Waals surface area (Å²) in [6, 6.07) is 8.98. The van der Waals surface area contributed by atoms with Gasteiger partial charge in [-0.05, 0) is 24.5 Å². The van der Waals surface area contributed by atoms with E-state index in [9.17, 15) is 0 Å². The maximum absolute atomic E-state index is 5.79. The van der Waals surface area contributed by atoms with Crippen molar-refractivity contribution >= 4 is 0 Å². The van der Waals surface area contributed by atoms with Crippen LogP contribution in [0.3, 0.4) is 0 Å². The Bertz CT molecular complexity index is 341. The van der Waals surface area contributed by atoms with Gasteiger partial charge in [-0.15, -0.1) is 0 Å². The number of methoxy groups -OCH3 is 1. The first-order chi connectivity index (χ1) is 8.72. The highest BCUT2D eigenvalue weighted by molar-refractivity contribution is 5.26. The van der Waals surface area contributed by atoms with Crippen molar-refractivity contribution in [3.63, 3.8) is 0 Å². The first-order valence-corrected chi connectivity index (χ1v) is 6.72. The predicted molar refractivity (Wildman–Crippen MR) is 76.4 cm³/mol. The smallest absolute Gasteiger partial charge is 0.0589 e. The molecule has 0 saturated heterocycles. The molecule has 1 aromatic carbocycles. The summed E-state index contributed by atoms with van der Waals surface area (Å²) < 4.78 is 5.19. The summed E-state index contributed by atoms with van der Waals surface area (Å²) in [6.07, 6.45) is 1.15. The minimum Gasteiger partial charge on any atom is -0.383 e. The second-order valence-electron chi connectivity index (χ2n) is 4.69. The number of ether oxygens (including phenoxy) is 1. The lowest BCUT2D eigenvalue weighted by Crippen LogP contribution is -2.35. The molecular weight excluding hydrogens is 224 g/mol. The van der Waals surface area contributed by atoms with Gasteiger partial charge in [0.25, 0.3) is 0 Å². The molecule has 2 N–H and O–H groups in total.